The second kappa shape index (κ2) is 8.14. The fourth-order valence-corrected chi connectivity index (χ4v) is 4.49. The fraction of sp³-hybridized carbons (Fsp3) is 0.435. The Morgan fingerprint density at radius 3 is 2.87 bits per heavy atom. The summed E-state index contributed by atoms with van der Waals surface area (Å²) in [4.78, 5) is 15.1. The van der Waals surface area contributed by atoms with Gasteiger partial charge in [0.05, 0.1) is 0 Å². The van der Waals surface area contributed by atoms with Crippen LogP contribution in [0.1, 0.15) is 23.2 Å². The predicted octanol–water partition coefficient (Wildman–Crippen LogP) is 2.87. The van der Waals surface area contributed by atoms with E-state index in [9.17, 15) is 9.18 Å². The molecule has 0 aromatic heterocycles. The third kappa shape index (κ3) is 4.21. The molecule has 158 valence electrons. The van der Waals surface area contributed by atoms with Crippen LogP contribution in [0.25, 0.3) is 0 Å². The number of amides is 1. The average molecular weight is 412 g/mol. The molecule has 1 unspecified atom stereocenters. The van der Waals surface area contributed by atoms with Crippen LogP contribution in [0.2, 0.25) is 0 Å². The first-order valence-electron chi connectivity index (χ1n) is 10.5. The third-order valence-corrected chi connectivity index (χ3v) is 5.98. The van der Waals surface area contributed by atoms with Crippen molar-refractivity contribution in [3.63, 3.8) is 0 Å². The summed E-state index contributed by atoms with van der Waals surface area (Å²) < 4.78 is 30.4. The number of nitrogens with zero attached hydrogens (tertiary/aromatic N) is 1. The number of halogens is 1. The van der Waals surface area contributed by atoms with E-state index in [0.717, 1.165) is 19.5 Å². The molecule has 7 heteroatoms. The SMILES string of the molecule is O=C(N[C@@H]1C[C@H]2CCN(C2)C1)c1ccc2c(c1)OC[C@H](COc1ccc(F)cc1)O2. The molecule has 4 atom stereocenters. The smallest absolute Gasteiger partial charge is 0.251 e. The molecular weight excluding hydrogens is 387 g/mol. The van der Waals surface area contributed by atoms with Crippen LogP contribution in [0.3, 0.4) is 0 Å². The van der Waals surface area contributed by atoms with Crippen LogP contribution >= 0.6 is 0 Å². The molecule has 30 heavy (non-hydrogen) atoms. The maximum Gasteiger partial charge on any atom is 0.251 e. The van der Waals surface area contributed by atoms with E-state index in [0.29, 0.717) is 35.3 Å². The lowest BCUT2D eigenvalue weighted by molar-refractivity contribution is 0.0534. The van der Waals surface area contributed by atoms with Gasteiger partial charge in [-0.1, -0.05) is 0 Å². The molecule has 5 rings (SSSR count). The van der Waals surface area contributed by atoms with Gasteiger partial charge in [-0.3, -0.25) is 4.79 Å². The number of carbonyl (C=O) groups is 1. The molecule has 0 spiro atoms. The van der Waals surface area contributed by atoms with Crippen molar-refractivity contribution in [2.24, 2.45) is 5.92 Å². The molecule has 6 nitrogen and oxygen atoms in total. The van der Waals surface area contributed by atoms with E-state index in [1.54, 1.807) is 30.3 Å². The average Bonchev–Trinajstić information content (AvgIpc) is 3.10. The van der Waals surface area contributed by atoms with Gasteiger partial charge in [-0.05, 0) is 67.8 Å². The molecule has 0 radical (unpaired) electrons. The minimum absolute atomic E-state index is 0.0735. The van der Waals surface area contributed by atoms with Crippen molar-refractivity contribution in [1.29, 1.82) is 0 Å². The van der Waals surface area contributed by atoms with E-state index >= 15 is 0 Å². The Bertz CT molecular complexity index is 908. The van der Waals surface area contributed by atoms with Gasteiger partial charge >= 0.3 is 0 Å². The summed E-state index contributed by atoms with van der Waals surface area (Å²) in [5, 5.41) is 3.17. The van der Waals surface area contributed by atoms with E-state index in [-0.39, 0.29) is 30.5 Å². The highest BCUT2D eigenvalue weighted by Gasteiger charge is 2.33. The summed E-state index contributed by atoms with van der Waals surface area (Å²) in [5.74, 6) is 2.06. The van der Waals surface area contributed by atoms with Gasteiger partial charge in [0.1, 0.15) is 24.8 Å². The van der Waals surface area contributed by atoms with Crippen molar-refractivity contribution < 1.29 is 23.4 Å². The molecule has 1 amide bonds. The molecule has 1 N–H and O–H groups in total. The van der Waals surface area contributed by atoms with Crippen LogP contribution in [0.15, 0.2) is 42.5 Å². The highest BCUT2D eigenvalue weighted by molar-refractivity contribution is 5.95. The first-order chi connectivity index (χ1) is 14.6. The van der Waals surface area contributed by atoms with Crippen molar-refractivity contribution in [2.45, 2.75) is 25.0 Å². The van der Waals surface area contributed by atoms with Gasteiger partial charge in [0.25, 0.3) is 5.91 Å². The van der Waals surface area contributed by atoms with Crippen molar-refractivity contribution in [3.05, 3.63) is 53.8 Å². The molecule has 0 saturated carbocycles. The number of hydrogen-bond donors (Lipinski definition) is 1. The zero-order valence-corrected chi connectivity index (χ0v) is 16.7. The number of benzene rings is 2. The lowest BCUT2D eigenvalue weighted by atomic mass is 9.96. The van der Waals surface area contributed by atoms with Crippen molar-refractivity contribution in [3.8, 4) is 17.2 Å². The Kier molecular flexibility index (Phi) is 5.21. The van der Waals surface area contributed by atoms with Gasteiger partial charge in [0.15, 0.2) is 17.6 Å². The Morgan fingerprint density at radius 1 is 1.17 bits per heavy atom. The number of piperidine rings is 1. The Hall–Kier alpha value is -2.80. The number of fused-ring (bicyclic) bond motifs is 3. The van der Waals surface area contributed by atoms with Crippen molar-refractivity contribution in [2.75, 3.05) is 32.8 Å². The number of ether oxygens (including phenoxy) is 3. The van der Waals surface area contributed by atoms with Crippen LogP contribution in [0.5, 0.6) is 17.2 Å². The number of nitrogens with one attached hydrogen (secondary N) is 1. The molecule has 0 aliphatic carbocycles. The minimum Gasteiger partial charge on any atom is -0.490 e. The summed E-state index contributed by atoms with van der Waals surface area (Å²) in [6.45, 7) is 3.85. The second-order valence-corrected chi connectivity index (χ2v) is 8.30. The van der Waals surface area contributed by atoms with Crippen molar-refractivity contribution in [1.82, 2.24) is 10.2 Å². The van der Waals surface area contributed by atoms with E-state index in [1.165, 1.54) is 25.1 Å². The van der Waals surface area contributed by atoms with E-state index < -0.39 is 0 Å². The summed E-state index contributed by atoms with van der Waals surface area (Å²) in [7, 11) is 0. The summed E-state index contributed by atoms with van der Waals surface area (Å²) in [6, 6.07) is 11.3. The summed E-state index contributed by atoms with van der Waals surface area (Å²) >= 11 is 0. The first-order valence-corrected chi connectivity index (χ1v) is 10.5. The topological polar surface area (TPSA) is 60.0 Å². The molecule has 3 aliphatic heterocycles. The van der Waals surface area contributed by atoms with Crippen LogP contribution in [0.4, 0.5) is 4.39 Å². The van der Waals surface area contributed by atoms with Crippen molar-refractivity contribution >= 4 is 5.91 Å². The van der Waals surface area contributed by atoms with Crippen LogP contribution < -0.4 is 19.5 Å². The van der Waals surface area contributed by atoms with Crippen LogP contribution in [-0.2, 0) is 0 Å². The Morgan fingerprint density at radius 2 is 2.03 bits per heavy atom. The van der Waals surface area contributed by atoms with Gasteiger partial charge in [0, 0.05) is 24.7 Å². The van der Waals surface area contributed by atoms with E-state index in [1.807, 2.05) is 0 Å². The second-order valence-electron chi connectivity index (χ2n) is 8.30. The lowest BCUT2D eigenvalue weighted by Crippen LogP contribution is -2.47. The quantitative estimate of drug-likeness (QED) is 0.819. The van der Waals surface area contributed by atoms with Gasteiger partial charge in [-0.2, -0.15) is 0 Å². The number of rotatable bonds is 5. The molecule has 2 saturated heterocycles. The van der Waals surface area contributed by atoms with Gasteiger partial charge in [0.2, 0.25) is 0 Å². The number of carbonyl (C=O) groups excluding carboxylic acids is 1. The van der Waals surface area contributed by atoms with Gasteiger partial charge in [-0.25, -0.2) is 4.39 Å². The molecule has 3 aliphatic rings. The summed E-state index contributed by atoms with van der Waals surface area (Å²) in [5.41, 5.74) is 0.575. The maximum atomic E-state index is 13.0. The van der Waals surface area contributed by atoms with E-state index in [4.69, 9.17) is 14.2 Å². The number of hydrogen-bond acceptors (Lipinski definition) is 5. The highest BCUT2D eigenvalue weighted by atomic mass is 19.1. The first kappa shape index (κ1) is 19.2. The van der Waals surface area contributed by atoms with Crippen LogP contribution in [0, 0.1) is 11.7 Å². The molecule has 3 heterocycles. The standard InChI is InChI=1S/C23H25FN2O4/c24-17-2-4-19(5-3-17)28-13-20-14-29-22-10-16(1-6-21(22)30-20)23(27)25-18-9-15-7-8-26(11-15)12-18/h1-6,10,15,18,20H,7-9,11-14H2,(H,25,27)/t15-,18-,20+/m1/s1. The highest BCUT2D eigenvalue weighted by Crippen LogP contribution is 2.33. The zero-order chi connectivity index (χ0) is 20.5. The third-order valence-electron chi connectivity index (χ3n) is 5.98. The minimum atomic E-state index is -0.304. The van der Waals surface area contributed by atoms with E-state index in [2.05, 4.69) is 10.2 Å². The van der Waals surface area contributed by atoms with Gasteiger partial charge < -0.3 is 24.4 Å². The lowest BCUT2D eigenvalue weighted by Gasteiger charge is -2.30. The predicted molar refractivity (Wildman–Crippen MR) is 109 cm³/mol. The molecular formula is C23H25FN2O4. The molecule has 2 aromatic carbocycles. The monoisotopic (exact) mass is 412 g/mol. The zero-order valence-electron chi connectivity index (χ0n) is 16.7. The Balaban J connectivity index is 1.17. The molecule has 2 aromatic rings. The summed E-state index contributed by atoms with van der Waals surface area (Å²) in [6.07, 6.45) is 2.01. The largest absolute Gasteiger partial charge is 0.490 e. The molecule has 2 fully saturated rings. The Labute approximate surface area is 174 Å². The normalized spacial score (nSPS) is 26.8. The fourth-order valence-electron chi connectivity index (χ4n) is 4.49. The van der Waals surface area contributed by atoms with Crippen LogP contribution in [-0.4, -0.2) is 55.8 Å². The maximum absolute atomic E-state index is 13.0. The molecule has 2 bridgehead atoms. The van der Waals surface area contributed by atoms with Gasteiger partial charge in [-0.15, -0.1) is 0 Å².